The molecule has 1 aromatic heterocycles. The molecule has 4 aromatic rings. The first-order valence-electron chi connectivity index (χ1n) is 11.3. The summed E-state index contributed by atoms with van der Waals surface area (Å²) in [4.78, 5) is 16.0. The maximum Gasteiger partial charge on any atom is 0.419 e. The van der Waals surface area contributed by atoms with Gasteiger partial charge < -0.3 is 15.1 Å². The Bertz CT molecular complexity index is 1390. The van der Waals surface area contributed by atoms with Crippen molar-refractivity contribution in [3.63, 3.8) is 0 Å². The fraction of sp³-hybridized carbons (Fsp3) is 0.192. The molecular weight excluding hydrogens is 474 g/mol. The zero-order valence-corrected chi connectivity index (χ0v) is 19.0. The molecule has 5 rings (SSSR count). The molecule has 0 saturated carbocycles. The summed E-state index contributed by atoms with van der Waals surface area (Å²) in [5, 5.41) is 13.4. The first-order valence-corrected chi connectivity index (χ1v) is 11.3. The predicted molar refractivity (Wildman–Crippen MR) is 129 cm³/mol. The Hall–Kier alpha value is -4.21. The number of fused-ring (bicyclic) bond motifs is 1. The summed E-state index contributed by atoms with van der Waals surface area (Å²) in [5.74, 6) is -0.714. The molecular formula is C26H21F4N5O. The number of piperazine rings is 1. The molecule has 3 aromatic carbocycles. The molecule has 2 amide bonds. The average Bonchev–Trinajstić information content (AvgIpc) is 2.89. The van der Waals surface area contributed by atoms with Crippen LogP contribution in [0.4, 0.5) is 33.9 Å². The third-order valence-electron chi connectivity index (χ3n) is 6.13. The van der Waals surface area contributed by atoms with Crippen LogP contribution in [0.1, 0.15) is 5.56 Å². The van der Waals surface area contributed by atoms with Crippen molar-refractivity contribution in [1.29, 1.82) is 0 Å². The molecule has 0 unspecified atom stereocenters. The first-order chi connectivity index (χ1) is 17.3. The number of hydrogen-bond donors (Lipinski definition) is 1. The smallest absolute Gasteiger partial charge is 0.352 e. The summed E-state index contributed by atoms with van der Waals surface area (Å²) in [6, 6.07) is 19.7. The van der Waals surface area contributed by atoms with Gasteiger partial charge >= 0.3 is 12.2 Å². The van der Waals surface area contributed by atoms with Crippen LogP contribution in [-0.2, 0) is 6.18 Å². The number of alkyl halides is 3. The van der Waals surface area contributed by atoms with Crippen LogP contribution in [-0.4, -0.2) is 47.3 Å². The molecule has 10 heteroatoms. The average molecular weight is 495 g/mol. The van der Waals surface area contributed by atoms with E-state index in [2.05, 4.69) is 15.5 Å². The van der Waals surface area contributed by atoms with E-state index in [0.717, 1.165) is 28.1 Å². The highest BCUT2D eigenvalue weighted by molar-refractivity contribution is 5.95. The fourth-order valence-electron chi connectivity index (χ4n) is 4.25. The number of amides is 2. The summed E-state index contributed by atoms with van der Waals surface area (Å²) in [6.45, 7) is 1.64. The van der Waals surface area contributed by atoms with E-state index in [1.165, 1.54) is 4.90 Å². The van der Waals surface area contributed by atoms with Crippen LogP contribution >= 0.6 is 0 Å². The number of rotatable bonds is 3. The zero-order chi connectivity index (χ0) is 25.3. The highest BCUT2D eigenvalue weighted by atomic mass is 19.4. The molecule has 0 aliphatic carbocycles. The first kappa shape index (κ1) is 23.5. The number of halogens is 4. The molecule has 0 radical (unpaired) electrons. The monoisotopic (exact) mass is 495 g/mol. The Balaban J connectivity index is 1.22. The lowest BCUT2D eigenvalue weighted by Gasteiger charge is -2.35. The number of anilines is 2. The van der Waals surface area contributed by atoms with Crippen molar-refractivity contribution < 1.29 is 22.4 Å². The van der Waals surface area contributed by atoms with Gasteiger partial charge in [0, 0.05) is 37.4 Å². The third-order valence-corrected chi connectivity index (χ3v) is 6.13. The number of nitrogens with zero attached hydrogens (tertiary/aromatic N) is 4. The van der Waals surface area contributed by atoms with Gasteiger partial charge in [-0.05, 0) is 41.1 Å². The Morgan fingerprint density at radius 3 is 2.33 bits per heavy atom. The van der Waals surface area contributed by atoms with E-state index < -0.39 is 23.6 Å². The molecule has 0 atom stereocenters. The summed E-state index contributed by atoms with van der Waals surface area (Å²) >= 11 is 0. The maximum atomic E-state index is 13.5. The van der Waals surface area contributed by atoms with Crippen molar-refractivity contribution in [3.05, 3.63) is 84.2 Å². The minimum atomic E-state index is -4.85. The SMILES string of the molecule is O=C(Nc1ccc(F)c(C(F)(F)F)c1)N1CCN(c2ccc(-c3cccc4ccccc34)nn2)CC1. The Morgan fingerprint density at radius 1 is 0.861 bits per heavy atom. The zero-order valence-electron chi connectivity index (χ0n) is 19.0. The molecule has 184 valence electrons. The van der Waals surface area contributed by atoms with Crippen molar-refractivity contribution in [3.8, 4) is 11.3 Å². The number of benzene rings is 3. The van der Waals surface area contributed by atoms with Crippen LogP contribution < -0.4 is 10.2 Å². The Morgan fingerprint density at radius 2 is 1.61 bits per heavy atom. The van der Waals surface area contributed by atoms with Crippen LogP contribution in [0.3, 0.4) is 0 Å². The number of nitrogens with one attached hydrogen (secondary N) is 1. The second-order valence-corrected chi connectivity index (χ2v) is 8.40. The molecule has 1 saturated heterocycles. The number of aromatic nitrogens is 2. The second kappa shape index (κ2) is 9.44. The number of hydrogen-bond acceptors (Lipinski definition) is 4. The van der Waals surface area contributed by atoms with Crippen molar-refractivity contribution in [2.45, 2.75) is 6.18 Å². The number of carbonyl (C=O) groups is 1. The lowest BCUT2D eigenvalue weighted by Crippen LogP contribution is -2.50. The van der Waals surface area contributed by atoms with Crippen molar-refractivity contribution in [1.82, 2.24) is 15.1 Å². The lowest BCUT2D eigenvalue weighted by atomic mass is 10.0. The van der Waals surface area contributed by atoms with Crippen molar-refractivity contribution >= 4 is 28.3 Å². The Labute approximate surface area is 204 Å². The van der Waals surface area contributed by atoms with E-state index in [9.17, 15) is 22.4 Å². The number of carbonyl (C=O) groups excluding carboxylic acids is 1. The van der Waals surface area contributed by atoms with Crippen LogP contribution in [0.15, 0.2) is 72.8 Å². The van der Waals surface area contributed by atoms with Crippen molar-refractivity contribution in [2.24, 2.45) is 0 Å². The fourth-order valence-corrected chi connectivity index (χ4v) is 4.25. The van der Waals surface area contributed by atoms with E-state index in [1.807, 2.05) is 59.5 Å². The largest absolute Gasteiger partial charge is 0.419 e. The summed E-state index contributed by atoms with van der Waals surface area (Å²) in [7, 11) is 0. The van der Waals surface area contributed by atoms with E-state index >= 15 is 0 Å². The van der Waals surface area contributed by atoms with Gasteiger partial charge in [-0.3, -0.25) is 0 Å². The molecule has 1 aliphatic heterocycles. The minimum absolute atomic E-state index is 0.119. The summed E-state index contributed by atoms with van der Waals surface area (Å²) in [5.41, 5.74) is 0.205. The van der Waals surface area contributed by atoms with Gasteiger partial charge in [-0.1, -0.05) is 42.5 Å². The van der Waals surface area contributed by atoms with Crippen LogP contribution in [0.25, 0.3) is 22.0 Å². The highest BCUT2D eigenvalue weighted by Crippen LogP contribution is 2.33. The van der Waals surface area contributed by atoms with Crippen molar-refractivity contribution in [2.75, 3.05) is 36.4 Å². The minimum Gasteiger partial charge on any atom is -0.352 e. The van der Waals surface area contributed by atoms with Gasteiger partial charge in [-0.25, -0.2) is 9.18 Å². The van der Waals surface area contributed by atoms with Gasteiger partial charge in [0.25, 0.3) is 0 Å². The normalized spacial score (nSPS) is 14.2. The van der Waals surface area contributed by atoms with Gasteiger partial charge in [-0.15, -0.1) is 10.2 Å². The molecule has 2 heterocycles. The predicted octanol–water partition coefficient (Wildman–Crippen LogP) is 5.81. The van der Waals surface area contributed by atoms with E-state index in [1.54, 1.807) is 0 Å². The van der Waals surface area contributed by atoms with E-state index in [4.69, 9.17) is 0 Å². The maximum absolute atomic E-state index is 13.5. The van der Waals surface area contributed by atoms with E-state index in [-0.39, 0.29) is 5.69 Å². The number of urea groups is 1. The second-order valence-electron chi connectivity index (χ2n) is 8.40. The molecule has 1 aliphatic rings. The van der Waals surface area contributed by atoms with Gasteiger partial charge in [0.2, 0.25) is 0 Å². The van der Waals surface area contributed by atoms with Gasteiger partial charge in [0.15, 0.2) is 5.82 Å². The topological polar surface area (TPSA) is 61.4 Å². The quantitative estimate of drug-likeness (QED) is 0.365. The molecule has 0 bridgehead atoms. The summed E-state index contributed by atoms with van der Waals surface area (Å²) in [6.07, 6.45) is -4.85. The Kier molecular flexibility index (Phi) is 6.17. The molecule has 1 fully saturated rings. The molecule has 0 spiro atoms. The van der Waals surface area contributed by atoms with Crippen LogP contribution in [0.5, 0.6) is 0 Å². The van der Waals surface area contributed by atoms with Crippen LogP contribution in [0, 0.1) is 5.82 Å². The summed E-state index contributed by atoms with van der Waals surface area (Å²) < 4.78 is 52.3. The van der Waals surface area contributed by atoms with Crippen LogP contribution in [0.2, 0.25) is 0 Å². The van der Waals surface area contributed by atoms with Gasteiger partial charge in [-0.2, -0.15) is 13.2 Å². The molecule has 1 N–H and O–H groups in total. The van der Waals surface area contributed by atoms with Gasteiger partial charge in [0.1, 0.15) is 5.82 Å². The van der Waals surface area contributed by atoms with E-state index in [0.29, 0.717) is 44.1 Å². The highest BCUT2D eigenvalue weighted by Gasteiger charge is 2.34. The molecule has 6 nitrogen and oxygen atoms in total. The lowest BCUT2D eigenvalue weighted by molar-refractivity contribution is -0.139. The third kappa shape index (κ3) is 4.79. The van der Waals surface area contributed by atoms with Gasteiger partial charge in [0.05, 0.1) is 11.3 Å². The standard InChI is InChI=1S/C26H21F4N5O/c27-22-9-8-18(16-21(22)26(28,29)30)31-25(36)35-14-12-34(13-15-35)24-11-10-23(32-33-24)20-7-3-5-17-4-1-2-6-19(17)20/h1-11,16H,12-15H2,(H,31,36). The molecule has 36 heavy (non-hydrogen) atoms.